The summed E-state index contributed by atoms with van der Waals surface area (Å²) < 4.78 is 0. The molecule has 1 aliphatic carbocycles. The summed E-state index contributed by atoms with van der Waals surface area (Å²) >= 11 is 0. The molecule has 1 aliphatic rings. The molecule has 2 rings (SSSR count). The molecule has 0 bridgehead atoms. The molecule has 0 spiro atoms. The Balaban J connectivity index is 2.34. The van der Waals surface area contributed by atoms with Gasteiger partial charge in [0.1, 0.15) is 17.5 Å². The second-order valence-corrected chi connectivity index (χ2v) is 6.13. The first kappa shape index (κ1) is 14.1. The molecule has 106 valence electrons. The van der Waals surface area contributed by atoms with Gasteiger partial charge >= 0.3 is 0 Å². The van der Waals surface area contributed by atoms with Gasteiger partial charge in [0, 0.05) is 23.6 Å². The number of hydrogen-bond acceptors (Lipinski definition) is 4. The van der Waals surface area contributed by atoms with Crippen LogP contribution in [-0.2, 0) is 0 Å². The molecule has 0 aliphatic heterocycles. The summed E-state index contributed by atoms with van der Waals surface area (Å²) in [6.07, 6.45) is 3.76. The van der Waals surface area contributed by atoms with Gasteiger partial charge in [-0.05, 0) is 40.0 Å². The van der Waals surface area contributed by atoms with Crippen molar-refractivity contribution in [1.29, 1.82) is 0 Å². The highest BCUT2D eigenvalue weighted by molar-refractivity contribution is 5.58. The minimum Gasteiger partial charge on any atom is -0.370 e. The summed E-state index contributed by atoms with van der Waals surface area (Å²) in [7, 11) is 0. The molecule has 1 saturated carbocycles. The molecule has 1 heterocycles. The predicted molar refractivity (Wildman–Crippen MR) is 80.9 cm³/mol. The van der Waals surface area contributed by atoms with Crippen LogP contribution in [0.1, 0.15) is 64.3 Å². The molecule has 19 heavy (non-hydrogen) atoms. The molecular weight excluding hydrogens is 236 g/mol. The van der Waals surface area contributed by atoms with Crippen LogP contribution < -0.4 is 10.6 Å². The first-order chi connectivity index (χ1) is 8.95. The number of nitrogens with one attached hydrogen (secondary N) is 2. The molecular formula is C15H26N4. The summed E-state index contributed by atoms with van der Waals surface area (Å²) in [5, 5.41) is 6.97. The van der Waals surface area contributed by atoms with E-state index in [9.17, 15) is 0 Å². The van der Waals surface area contributed by atoms with Crippen molar-refractivity contribution in [2.24, 2.45) is 0 Å². The monoisotopic (exact) mass is 262 g/mol. The van der Waals surface area contributed by atoms with Gasteiger partial charge in [0.05, 0.1) is 0 Å². The van der Waals surface area contributed by atoms with E-state index in [1.165, 1.54) is 19.3 Å². The van der Waals surface area contributed by atoms with Gasteiger partial charge in [-0.2, -0.15) is 0 Å². The van der Waals surface area contributed by atoms with Crippen molar-refractivity contribution in [3.63, 3.8) is 0 Å². The summed E-state index contributed by atoms with van der Waals surface area (Å²) in [5.41, 5.74) is 1.34. The lowest BCUT2D eigenvalue weighted by Gasteiger charge is -2.40. The number of rotatable bonds is 5. The topological polar surface area (TPSA) is 49.8 Å². The van der Waals surface area contributed by atoms with Crippen molar-refractivity contribution in [3.8, 4) is 0 Å². The molecule has 0 unspecified atom stereocenters. The quantitative estimate of drug-likeness (QED) is 0.849. The maximum absolute atomic E-state index is 4.72. The molecule has 1 aromatic rings. The van der Waals surface area contributed by atoms with E-state index in [1.807, 2.05) is 0 Å². The van der Waals surface area contributed by atoms with Gasteiger partial charge in [-0.25, -0.2) is 9.97 Å². The predicted octanol–water partition coefficient (Wildman–Crippen LogP) is 3.69. The average molecular weight is 262 g/mol. The maximum Gasteiger partial charge on any atom is 0.135 e. The minimum absolute atomic E-state index is 0.219. The van der Waals surface area contributed by atoms with Crippen molar-refractivity contribution in [2.45, 2.75) is 65.3 Å². The summed E-state index contributed by atoms with van der Waals surface area (Å²) in [6, 6.07) is 0. The van der Waals surface area contributed by atoms with Gasteiger partial charge in [0.25, 0.3) is 0 Å². The van der Waals surface area contributed by atoms with Gasteiger partial charge < -0.3 is 10.6 Å². The Morgan fingerprint density at radius 1 is 1.21 bits per heavy atom. The van der Waals surface area contributed by atoms with E-state index in [2.05, 4.69) is 50.2 Å². The van der Waals surface area contributed by atoms with E-state index in [0.29, 0.717) is 5.92 Å². The zero-order valence-corrected chi connectivity index (χ0v) is 12.8. The Morgan fingerprint density at radius 2 is 1.84 bits per heavy atom. The Morgan fingerprint density at radius 3 is 2.32 bits per heavy atom. The summed E-state index contributed by atoms with van der Waals surface area (Å²) in [4.78, 5) is 9.35. The van der Waals surface area contributed by atoms with Crippen molar-refractivity contribution < 1.29 is 0 Å². The lowest BCUT2D eigenvalue weighted by molar-refractivity contribution is 0.305. The fourth-order valence-electron chi connectivity index (χ4n) is 2.37. The summed E-state index contributed by atoms with van der Waals surface area (Å²) in [5.74, 6) is 3.21. The van der Waals surface area contributed by atoms with Crippen LogP contribution in [0.2, 0.25) is 0 Å². The van der Waals surface area contributed by atoms with Crippen LogP contribution in [0.25, 0.3) is 0 Å². The SMILES string of the molecule is CCNc1nc(C(C)C)nc(NC2(C)CCC2)c1C. The zero-order valence-electron chi connectivity index (χ0n) is 12.8. The van der Waals surface area contributed by atoms with Crippen molar-refractivity contribution in [1.82, 2.24) is 9.97 Å². The number of hydrogen-bond donors (Lipinski definition) is 2. The second-order valence-electron chi connectivity index (χ2n) is 6.13. The van der Waals surface area contributed by atoms with E-state index < -0.39 is 0 Å². The molecule has 1 fully saturated rings. The first-order valence-electron chi connectivity index (χ1n) is 7.36. The summed E-state index contributed by atoms with van der Waals surface area (Å²) in [6.45, 7) is 11.6. The normalized spacial score (nSPS) is 17.2. The highest BCUT2D eigenvalue weighted by Gasteiger charge is 2.32. The number of anilines is 2. The van der Waals surface area contributed by atoms with Crippen LogP contribution in [-0.4, -0.2) is 22.1 Å². The molecule has 1 aromatic heterocycles. The van der Waals surface area contributed by atoms with E-state index in [0.717, 1.165) is 29.6 Å². The van der Waals surface area contributed by atoms with E-state index in [1.54, 1.807) is 0 Å². The smallest absolute Gasteiger partial charge is 0.135 e. The molecule has 0 aromatic carbocycles. The zero-order chi connectivity index (χ0) is 14.0. The Labute approximate surface area is 116 Å². The molecule has 4 heteroatoms. The van der Waals surface area contributed by atoms with E-state index >= 15 is 0 Å². The van der Waals surface area contributed by atoms with Gasteiger partial charge in [-0.15, -0.1) is 0 Å². The van der Waals surface area contributed by atoms with E-state index in [-0.39, 0.29) is 5.54 Å². The van der Waals surface area contributed by atoms with Gasteiger partial charge in [0.15, 0.2) is 0 Å². The molecule has 0 radical (unpaired) electrons. The Bertz CT molecular complexity index is 450. The van der Waals surface area contributed by atoms with Gasteiger partial charge in [-0.3, -0.25) is 0 Å². The third kappa shape index (κ3) is 2.99. The fourth-order valence-corrected chi connectivity index (χ4v) is 2.37. The van der Waals surface area contributed by atoms with Crippen molar-refractivity contribution >= 4 is 11.6 Å². The second kappa shape index (κ2) is 5.35. The Kier molecular flexibility index (Phi) is 3.97. The third-order valence-electron chi connectivity index (χ3n) is 3.90. The van der Waals surface area contributed by atoms with Crippen LogP contribution in [0.4, 0.5) is 11.6 Å². The highest BCUT2D eigenvalue weighted by Crippen LogP contribution is 2.36. The highest BCUT2D eigenvalue weighted by atomic mass is 15.1. The van der Waals surface area contributed by atoms with Crippen LogP contribution in [0.3, 0.4) is 0 Å². The molecule has 0 atom stereocenters. The van der Waals surface area contributed by atoms with Gasteiger partial charge in [0.2, 0.25) is 0 Å². The molecule has 2 N–H and O–H groups in total. The van der Waals surface area contributed by atoms with Crippen molar-refractivity contribution in [2.75, 3.05) is 17.2 Å². The van der Waals surface area contributed by atoms with Crippen LogP contribution in [0.15, 0.2) is 0 Å². The molecule has 0 amide bonds. The average Bonchev–Trinajstić information content (AvgIpc) is 2.32. The van der Waals surface area contributed by atoms with Gasteiger partial charge in [-0.1, -0.05) is 13.8 Å². The van der Waals surface area contributed by atoms with E-state index in [4.69, 9.17) is 4.98 Å². The maximum atomic E-state index is 4.72. The lowest BCUT2D eigenvalue weighted by Crippen LogP contribution is -2.42. The molecule has 4 nitrogen and oxygen atoms in total. The molecule has 0 saturated heterocycles. The fraction of sp³-hybridized carbons (Fsp3) is 0.733. The minimum atomic E-state index is 0.219. The number of aromatic nitrogens is 2. The van der Waals surface area contributed by atoms with Crippen molar-refractivity contribution in [3.05, 3.63) is 11.4 Å². The largest absolute Gasteiger partial charge is 0.370 e. The van der Waals surface area contributed by atoms with Crippen LogP contribution in [0, 0.1) is 6.92 Å². The van der Waals surface area contributed by atoms with Crippen LogP contribution in [0.5, 0.6) is 0 Å². The first-order valence-corrected chi connectivity index (χ1v) is 7.36. The standard InChI is InChI=1S/C15H26N4/c1-6-16-13-11(4)14(18-12(17-13)10(2)3)19-15(5)8-7-9-15/h10H,6-9H2,1-5H3,(H2,16,17,18,19). The third-order valence-corrected chi connectivity index (χ3v) is 3.90. The Hall–Kier alpha value is -1.32. The lowest BCUT2D eigenvalue weighted by atomic mass is 9.78. The van der Waals surface area contributed by atoms with Crippen LogP contribution >= 0.6 is 0 Å². The number of nitrogens with zero attached hydrogens (tertiary/aromatic N) is 2.